The Kier molecular flexibility index (Phi) is 5.98. The predicted octanol–water partition coefficient (Wildman–Crippen LogP) is 6.48. The second kappa shape index (κ2) is 8.14. The maximum atomic E-state index is 10.4. The van der Waals surface area contributed by atoms with Gasteiger partial charge in [0.1, 0.15) is 16.8 Å². The third-order valence-electron chi connectivity index (χ3n) is 11.9. The van der Waals surface area contributed by atoms with Gasteiger partial charge in [-0.2, -0.15) is 0 Å². The zero-order valence-electron chi connectivity index (χ0n) is 21.9. The smallest absolute Gasteiger partial charge is 0.130 e. The van der Waals surface area contributed by atoms with Gasteiger partial charge in [0.15, 0.2) is 0 Å². The standard InChI is InChI=1S/C29H46O5/c1-7-27(32-31,19(2)3)15-10-20(4)22-8-9-23-25(22,5)13-12-24-26(6)14-11-21(30)18-28(26)16-17-29(23,24)34-33-28/h7,16-17,19-24,30-31H,1,8-15,18H2,2-6H3/t20-,21+,22-,23-,24-,25-,26-,27-,28-,29+/m1/s1. The highest BCUT2D eigenvalue weighted by molar-refractivity contribution is 5.33. The molecule has 4 fully saturated rings. The summed E-state index contributed by atoms with van der Waals surface area (Å²) in [4.78, 5) is 17.8. The molecule has 0 radical (unpaired) electrons. The number of fused-ring (bicyclic) bond motifs is 2. The summed E-state index contributed by atoms with van der Waals surface area (Å²) in [6.45, 7) is 15.4. The van der Waals surface area contributed by atoms with Gasteiger partial charge in [0.05, 0.1) is 6.10 Å². The number of aliphatic hydroxyl groups excluding tert-OH is 1. The van der Waals surface area contributed by atoms with Gasteiger partial charge in [0, 0.05) is 23.7 Å². The zero-order chi connectivity index (χ0) is 24.6. The summed E-state index contributed by atoms with van der Waals surface area (Å²) in [6, 6.07) is 0. The molecular weight excluding hydrogens is 428 g/mol. The number of aliphatic hydroxyl groups is 1. The van der Waals surface area contributed by atoms with Crippen LogP contribution in [0.1, 0.15) is 92.4 Å². The van der Waals surface area contributed by atoms with Crippen molar-refractivity contribution in [2.24, 2.45) is 40.4 Å². The minimum absolute atomic E-state index is 0.0174. The third-order valence-corrected chi connectivity index (χ3v) is 11.9. The van der Waals surface area contributed by atoms with Crippen molar-refractivity contribution >= 4 is 0 Å². The average molecular weight is 475 g/mol. The Morgan fingerprint density at radius 3 is 2.47 bits per heavy atom. The van der Waals surface area contributed by atoms with Crippen LogP contribution in [-0.4, -0.2) is 33.3 Å². The molecule has 0 unspecified atom stereocenters. The zero-order valence-corrected chi connectivity index (χ0v) is 21.9. The molecular formula is C29H46O5. The van der Waals surface area contributed by atoms with Crippen LogP contribution in [0.5, 0.6) is 0 Å². The Hall–Kier alpha value is -0.720. The van der Waals surface area contributed by atoms with Crippen LogP contribution in [0.4, 0.5) is 0 Å². The molecule has 5 heteroatoms. The molecule has 2 N–H and O–H groups in total. The van der Waals surface area contributed by atoms with E-state index in [1.165, 1.54) is 12.8 Å². The van der Waals surface area contributed by atoms with Crippen LogP contribution in [0.3, 0.4) is 0 Å². The summed E-state index contributed by atoms with van der Waals surface area (Å²) in [7, 11) is 0. The first-order chi connectivity index (χ1) is 16.0. The van der Waals surface area contributed by atoms with E-state index < -0.39 is 11.2 Å². The van der Waals surface area contributed by atoms with Gasteiger partial charge in [-0.25, -0.2) is 14.7 Å². The van der Waals surface area contributed by atoms with E-state index in [0.29, 0.717) is 30.1 Å². The monoisotopic (exact) mass is 474 g/mol. The highest BCUT2D eigenvalue weighted by Crippen LogP contribution is 2.72. The lowest BCUT2D eigenvalue weighted by Crippen LogP contribution is -2.73. The van der Waals surface area contributed by atoms with Crippen molar-refractivity contribution in [3.63, 3.8) is 0 Å². The van der Waals surface area contributed by atoms with E-state index in [0.717, 1.165) is 38.5 Å². The average Bonchev–Trinajstić information content (AvgIpc) is 3.18. The van der Waals surface area contributed by atoms with Gasteiger partial charge in [-0.15, -0.1) is 6.58 Å². The van der Waals surface area contributed by atoms with Crippen molar-refractivity contribution < 1.29 is 25.0 Å². The van der Waals surface area contributed by atoms with Crippen LogP contribution in [0.15, 0.2) is 24.8 Å². The summed E-state index contributed by atoms with van der Waals surface area (Å²) in [5.41, 5.74) is -1.30. The SMILES string of the molecule is C=C[C@](CC[C@@H](C)[C@H]1CC[C@@H]2[C@]1(C)CC[C@H]1[C@]23C=C[C@]2(C[C@@H](O)CC[C@]12C)OO3)(OO)C(C)C. The molecule has 6 rings (SSSR count). The van der Waals surface area contributed by atoms with Crippen LogP contribution >= 0.6 is 0 Å². The van der Waals surface area contributed by atoms with Gasteiger partial charge in [0.2, 0.25) is 0 Å². The second-order valence-corrected chi connectivity index (χ2v) is 13.3. The summed E-state index contributed by atoms with van der Waals surface area (Å²) >= 11 is 0. The topological polar surface area (TPSA) is 68.2 Å². The highest BCUT2D eigenvalue weighted by atomic mass is 17.2. The first-order valence-corrected chi connectivity index (χ1v) is 13.7. The highest BCUT2D eigenvalue weighted by Gasteiger charge is 2.74. The number of rotatable bonds is 7. The van der Waals surface area contributed by atoms with Crippen LogP contribution in [-0.2, 0) is 14.7 Å². The fourth-order valence-corrected chi connectivity index (χ4v) is 9.54. The van der Waals surface area contributed by atoms with Crippen molar-refractivity contribution in [3.05, 3.63) is 24.8 Å². The van der Waals surface area contributed by atoms with Crippen molar-refractivity contribution in [1.82, 2.24) is 0 Å². The number of hydrogen-bond donors (Lipinski definition) is 2. The van der Waals surface area contributed by atoms with E-state index in [2.05, 4.69) is 53.3 Å². The minimum atomic E-state index is -0.681. The van der Waals surface area contributed by atoms with E-state index in [4.69, 9.17) is 14.7 Å². The van der Waals surface area contributed by atoms with Gasteiger partial charge in [0.25, 0.3) is 0 Å². The predicted molar refractivity (Wildman–Crippen MR) is 132 cm³/mol. The Balaban J connectivity index is 1.39. The molecule has 0 aromatic heterocycles. The maximum absolute atomic E-state index is 10.4. The fraction of sp³-hybridized carbons (Fsp3) is 0.862. The summed E-state index contributed by atoms with van der Waals surface area (Å²) in [5, 5.41) is 20.1. The summed E-state index contributed by atoms with van der Waals surface area (Å²) in [5.74, 6) is 2.17. The Morgan fingerprint density at radius 2 is 1.85 bits per heavy atom. The van der Waals surface area contributed by atoms with E-state index in [9.17, 15) is 10.4 Å². The first kappa shape index (κ1) is 25.0. The number of hydrogen-bond acceptors (Lipinski definition) is 5. The maximum Gasteiger partial charge on any atom is 0.130 e. The lowest BCUT2D eigenvalue weighted by Gasteiger charge is -2.69. The fourth-order valence-electron chi connectivity index (χ4n) is 9.54. The molecule has 2 heterocycles. The first-order valence-electron chi connectivity index (χ1n) is 13.7. The molecule has 2 bridgehead atoms. The normalized spacial score (nSPS) is 49.8. The van der Waals surface area contributed by atoms with Crippen LogP contribution in [0.25, 0.3) is 0 Å². The third kappa shape index (κ3) is 3.09. The van der Waals surface area contributed by atoms with Crippen molar-refractivity contribution in [2.45, 2.75) is 115 Å². The van der Waals surface area contributed by atoms with Crippen LogP contribution in [0.2, 0.25) is 0 Å². The van der Waals surface area contributed by atoms with E-state index in [1.54, 1.807) is 6.08 Å². The van der Waals surface area contributed by atoms with E-state index in [-0.39, 0.29) is 28.5 Å². The molecule has 1 saturated heterocycles. The Labute approximate surface area is 205 Å². The summed E-state index contributed by atoms with van der Waals surface area (Å²) in [6.07, 6.45) is 15.1. The molecule has 4 aliphatic carbocycles. The molecule has 0 aromatic carbocycles. The molecule has 2 aliphatic heterocycles. The molecule has 3 saturated carbocycles. The van der Waals surface area contributed by atoms with Crippen molar-refractivity contribution in [3.8, 4) is 0 Å². The molecule has 10 atom stereocenters. The van der Waals surface area contributed by atoms with E-state index in [1.807, 2.05) is 0 Å². The molecule has 2 spiro atoms. The largest absolute Gasteiger partial charge is 0.393 e. The molecule has 34 heavy (non-hydrogen) atoms. The van der Waals surface area contributed by atoms with Crippen molar-refractivity contribution in [1.29, 1.82) is 0 Å². The van der Waals surface area contributed by atoms with Gasteiger partial charge in [-0.3, -0.25) is 5.26 Å². The van der Waals surface area contributed by atoms with Crippen molar-refractivity contribution in [2.75, 3.05) is 0 Å². The lowest BCUT2D eigenvalue weighted by molar-refractivity contribution is -0.497. The molecule has 5 nitrogen and oxygen atoms in total. The molecule has 0 aromatic rings. The van der Waals surface area contributed by atoms with Gasteiger partial charge in [-0.1, -0.05) is 46.8 Å². The summed E-state index contributed by atoms with van der Waals surface area (Å²) < 4.78 is 0. The second-order valence-electron chi connectivity index (χ2n) is 13.3. The van der Waals surface area contributed by atoms with Crippen LogP contribution < -0.4 is 0 Å². The molecule has 192 valence electrons. The minimum Gasteiger partial charge on any atom is -0.393 e. The Morgan fingerprint density at radius 1 is 1.09 bits per heavy atom. The quantitative estimate of drug-likeness (QED) is 0.251. The lowest BCUT2D eigenvalue weighted by atomic mass is 9.42. The molecule has 6 aliphatic rings. The van der Waals surface area contributed by atoms with Gasteiger partial charge >= 0.3 is 0 Å². The van der Waals surface area contributed by atoms with Crippen LogP contribution in [0, 0.1) is 40.4 Å². The van der Waals surface area contributed by atoms with E-state index >= 15 is 0 Å². The van der Waals surface area contributed by atoms with Gasteiger partial charge in [-0.05, 0) is 80.6 Å². The molecule has 0 amide bonds. The van der Waals surface area contributed by atoms with Gasteiger partial charge < -0.3 is 5.11 Å². The Bertz CT molecular complexity index is 840.